The van der Waals surface area contributed by atoms with E-state index in [2.05, 4.69) is 20.6 Å². The topological polar surface area (TPSA) is 152 Å². The number of esters is 1. The molecule has 0 spiro atoms. The molecule has 6 unspecified atom stereocenters. The number of aromatic nitrogens is 2. The molecule has 0 bridgehead atoms. The summed E-state index contributed by atoms with van der Waals surface area (Å²) in [6, 6.07) is 1.00. The Morgan fingerprint density at radius 1 is 1.09 bits per heavy atom. The number of hydrogen-bond donors (Lipinski definition) is 2. The molecule has 1 aliphatic heterocycles. The molecule has 0 aromatic carbocycles. The van der Waals surface area contributed by atoms with E-state index >= 15 is 0 Å². The number of likely N-dealkylation sites (tertiary alicyclic amines) is 1. The minimum absolute atomic E-state index is 0.00454. The Hall–Kier alpha value is -3.32. The summed E-state index contributed by atoms with van der Waals surface area (Å²) in [6.07, 6.45) is 4.32. The van der Waals surface area contributed by atoms with Crippen LogP contribution in [0.2, 0.25) is 0 Å². The normalized spacial score (nSPS) is 18.5. The molecule has 1 saturated heterocycles. The van der Waals surface area contributed by atoms with Gasteiger partial charge in [-0.2, -0.15) is 0 Å². The van der Waals surface area contributed by atoms with E-state index < -0.39 is 29.7 Å². The molecule has 0 saturated carbocycles. The van der Waals surface area contributed by atoms with Gasteiger partial charge in [-0.05, 0) is 45.6 Å². The molecule has 1 aliphatic rings. The Labute approximate surface area is 261 Å². The van der Waals surface area contributed by atoms with Gasteiger partial charge >= 0.3 is 5.97 Å². The lowest BCUT2D eigenvalue weighted by molar-refractivity contribution is -0.155. The van der Waals surface area contributed by atoms with Crippen molar-refractivity contribution >= 4 is 29.6 Å². The number of anilines is 1. The minimum atomic E-state index is -0.655. The number of hydrogen-bond acceptors (Lipinski definition) is 10. The van der Waals surface area contributed by atoms with Gasteiger partial charge in [-0.1, -0.05) is 27.2 Å². The molecule has 13 heteroatoms. The zero-order chi connectivity index (χ0) is 33.0. The number of likely N-dealkylation sites (N-methyl/N-ethyl adjacent to an activating group) is 1. The zero-order valence-electron chi connectivity index (χ0n) is 27.8. The summed E-state index contributed by atoms with van der Waals surface area (Å²) >= 11 is 0. The number of methoxy groups -OCH3 is 2. The van der Waals surface area contributed by atoms with Crippen molar-refractivity contribution < 1.29 is 33.4 Å². The Morgan fingerprint density at radius 2 is 1.75 bits per heavy atom. The molecule has 248 valence electrons. The summed E-state index contributed by atoms with van der Waals surface area (Å²) in [4.78, 5) is 63.7. The van der Waals surface area contributed by atoms with Crippen LogP contribution >= 0.6 is 0 Å². The second kappa shape index (κ2) is 17.2. The van der Waals surface area contributed by atoms with Crippen LogP contribution in [0, 0.1) is 11.8 Å². The number of carbonyl (C=O) groups excluding carboxylic acids is 4. The van der Waals surface area contributed by atoms with Crippen molar-refractivity contribution in [3.05, 3.63) is 18.5 Å². The third kappa shape index (κ3) is 10.7. The van der Waals surface area contributed by atoms with E-state index in [-0.39, 0.29) is 55.2 Å². The van der Waals surface area contributed by atoms with E-state index in [1.54, 1.807) is 70.1 Å². The molecular weight excluding hydrogens is 568 g/mol. The van der Waals surface area contributed by atoms with Crippen molar-refractivity contribution in [3.63, 3.8) is 0 Å². The minimum Gasteiger partial charge on any atom is -0.459 e. The van der Waals surface area contributed by atoms with Crippen LogP contribution in [0.1, 0.15) is 67.2 Å². The molecule has 1 fully saturated rings. The third-order valence-electron chi connectivity index (χ3n) is 8.09. The summed E-state index contributed by atoms with van der Waals surface area (Å²) in [7, 11) is 4.80. The van der Waals surface area contributed by atoms with Crippen molar-refractivity contribution in [2.75, 3.05) is 46.2 Å². The lowest BCUT2D eigenvalue weighted by Crippen LogP contribution is -2.54. The first-order chi connectivity index (χ1) is 20.7. The van der Waals surface area contributed by atoms with Crippen LogP contribution in [0.3, 0.4) is 0 Å². The van der Waals surface area contributed by atoms with Gasteiger partial charge in [0.2, 0.25) is 23.7 Å². The van der Waals surface area contributed by atoms with Crippen LogP contribution in [-0.2, 0) is 33.4 Å². The molecule has 2 N–H and O–H groups in total. The van der Waals surface area contributed by atoms with Crippen LogP contribution in [0.5, 0.6) is 0 Å². The van der Waals surface area contributed by atoms with Gasteiger partial charge in [0.15, 0.2) is 0 Å². The Bertz CT molecular complexity index is 1080. The largest absolute Gasteiger partial charge is 0.459 e. The third-order valence-corrected chi connectivity index (χ3v) is 8.09. The lowest BCUT2D eigenvalue weighted by Gasteiger charge is -2.39. The number of carbonyl (C=O) groups is 4. The predicted molar refractivity (Wildman–Crippen MR) is 165 cm³/mol. The smallest absolute Gasteiger partial charge is 0.325 e. The Balaban J connectivity index is 2.11. The highest BCUT2D eigenvalue weighted by atomic mass is 16.6. The van der Waals surface area contributed by atoms with Gasteiger partial charge in [-0.3, -0.25) is 19.2 Å². The zero-order valence-corrected chi connectivity index (χ0v) is 27.8. The van der Waals surface area contributed by atoms with Crippen LogP contribution in [-0.4, -0.2) is 114 Å². The van der Waals surface area contributed by atoms with E-state index in [4.69, 9.17) is 14.2 Å². The van der Waals surface area contributed by atoms with Gasteiger partial charge in [-0.25, -0.2) is 9.97 Å². The van der Waals surface area contributed by atoms with Gasteiger partial charge in [0.05, 0.1) is 43.2 Å². The molecule has 1 aromatic rings. The highest BCUT2D eigenvalue weighted by Gasteiger charge is 2.42. The highest BCUT2D eigenvalue weighted by Crippen LogP contribution is 2.29. The second-order valence-corrected chi connectivity index (χ2v) is 12.4. The number of nitrogens with zero attached hydrogens (tertiary/aromatic N) is 4. The van der Waals surface area contributed by atoms with E-state index in [9.17, 15) is 19.2 Å². The molecule has 1 aromatic heterocycles. The lowest BCUT2D eigenvalue weighted by atomic mass is 9.90. The fourth-order valence-corrected chi connectivity index (χ4v) is 5.69. The van der Waals surface area contributed by atoms with Crippen LogP contribution < -0.4 is 10.6 Å². The van der Waals surface area contributed by atoms with Crippen LogP contribution in [0.15, 0.2) is 18.5 Å². The fraction of sp³-hybridized carbons (Fsp3) is 0.742. The monoisotopic (exact) mass is 620 g/mol. The molecule has 6 atom stereocenters. The molecule has 2 heterocycles. The van der Waals surface area contributed by atoms with Crippen molar-refractivity contribution in [1.29, 1.82) is 0 Å². The first-order valence-corrected chi connectivity index (χ1v) is 15.3. The summed E-state index contributed by atoms with van der Waals surface area (Å²) in [5, 5.41) is 5.59. The molecule has 0 radical (unpaired) electrons. The molecule has 2 rings (SSSR count). The van der Waals surface area contributed by atoms with Crippen molar-refractivity contribution in [2.24, 2.45) is 11.8 Å². The summed E-state index contributed by atoms with van der Waals surface area (Å²) in [5.41, 5.74) is -0.655. The number of rotatable bonds is 16. The van der Waals surface area contributed by atoms with Gasteiger partial charge in [0, 0.05) is 40.2 Å². The van der Waals surface area contributed by atoms with Crippen molar-refractivity contribution in [3.8, 4) is 0 Å². The van der Waals surface area contributed by atoms with Crippen LogP contribution in [0.4, 0.5) is 5.95 Å². The maximum atomic E-state index is 13.8. The molecule has 44 heavy (non-hydrogen) atoms. The first-order valence-electron chi connectivity index (χ1n) is 15.3. The quantitative estimate of drug-likeness (QED) is 0.263. The van der Waals surface area contributed by atoms with Gasteiger partial charge < -0.3 is 34.6 Å². The van der Waals surface area contributed by atoms with Gasteiger partial charge in [0.25, 0.3) is 0 Å². The number of nitrogens with one attached hydrogen (secondary N) is 2. The number of ether oxygens (including phenoxy) is 3. The molecule has 13 nitrogen and oxygen atoms in total. The van der Waals surface area contributed by atoms with Gasteiger partial charge in [0.1, 0.15) is 12.1 Å². The standard InChI is InChI=1S/C31H52N6O7/c1-10-20(2)27(36(7)25(39)18-35-30-32-14-12-15-33-30)23(42-8)17-24(38)37-16-11-13-22(37)28(43-9)21(3)29(41)34-19-26(40)44-31(4,5)6/h12,14-15,20-23,27-28H,10-11,13,16-19H2,1-9H3,(H,34,41)(H,32,33,35). The van der Waals surface area contributed by atoms with E-state index in [0.717, 1.165) is 12.8 Å². The maximum Gasteiger partial charge on any atom is 0.325 e. The van der Waals surface area contributed by atoms with Crippen molar-refractivity contribution in [2.45, 2.75) is 97.1 Å². The molecular formula is C31H52N6O7. The Morgan fingerprint density at radius 3 is 2.32 bits per heavy atom. The fourth-order valence-electron chi connectivity index (χ4n) is 5.69. The van der Waals surface area contributed by atoms with Gasteiger partial charge in [-0.15, -0.1) is 0 Å². The van der Waals surface area contributed by atoms with Crippen LogP contribution in [0.25, 0.3) is 0 Å². The summed E-state index contributed by atoms with van der Waals surface area (Å²) < 4.78 is 16.9. The average Bonchev–Trinajstić information content (AvgIpc) is 3.47. The first kappa shape index (κ1) is 36.9. The van der Waals surface area contributed by atoms with E-state index in [0.29, 0.717) is 18.9 Å². The number of amides is 3. The Kier molecular flexibility index (Phi) is 14.4. The molecule has 3 amide bonds. The van der Waals surface area contributed by atoms with E-state index in [1.807, 2.05) is 13.8 Å². The second-order valence-electron chi connectivity index (χ2n) is 12.4. The molecule has 0 aliphatic carbocycles. The van der Waals surface area contributed by atoms with Crippen molar-refractivity contribution in [1.82, 2.24) is 25.1 Å². The predicted octanol–water partition coefficient (Wildman–Crippen LogP) is 2.27. The summed E-state index contributed by atoms with van der Waals surface area (Å²) in [5.74, 6) is -1.42. The average molecular weight is 621 g/mol. The maximum absolute atomic E-state index is 13.8. The highest BCUT2D eigenvalue weighted by molar-refractivity contribution is 5.84. The van der Waals surface area contributed by atoms with E-state index in [1.165, 1.54) is 7.11 Å². The SMILES string of the molecule is CCC(C)C(C(CC(=O)N1CCCC1C(OC)C(C)C(=O)NCC(=O)OC(C)(C)C)OC)N(C)C(=O)CNc1ncccn1. The summed E-state index contributed by atoms with van der Waals surface area (Å²) in [6.45, 7) is 11.3.